The van der Waals surface area contributed by atoms with Gasteiger partial charge in [0.2, 0.25) is 0 Å². The van der Waals surface area contributed by atoms with Gasteiger partial charge in [-0.05, 0) is 40.5 Å². The molecule has 0 amide bonds. The fourth-order valence-corrected chi connectivity index (χ4v) is 1.61. The summed E-state index contributed by atoms with van der Waals surface area (Å²) in [5.41, 5.74) is 0.893. The molecule has 1 aromatic rings. The van der Waals surface area contributed by atoms with E-state index in [4.69, 9.17) is 0 Å². The number of benzene rings is 1. The van der Waals surface area contributed by atoms with Crippen LogP contribution in [0.15, 0.2) is 22.7 Å². The van der Waals surface area contributed by atoms with Crippen LogP contribution in [-0.4, -0.2) is 19.1 Å². The first-order chi connectivity index (χ1) is 7.54. The Labute approximate surface area is 102 Å². The van der Waals surface area contributed by atoms with E-state index in [9.17, 15) is 9.18 Å². The molecule has 1 atom stereocenters. The number of ether oxygens (including phenoxy) is 1. The van der Waals surface area contributed by atoms with Gasteiger partial charge in [-0.15, -0.1) is 0 Å². The number of hydrogen-bond acceptors (Lipinski definition) is 3. The van der Waals surface area contributed by atoms with Gasteiger partial charge in [-0.25, -0.2) is 4.39 Å². The van der Waals surface area contributed by atoms with Crippen LogP contribution >= 0.6 is 15.9 Å². The van der Waals surface area contributed by atoms with Crippen LogP contribution in [0.2, 0.25) is 0 Å². The third-order valence-electron chi connectivity index (χ3n) is 2.15. The highest BCUT2D eigenvalue weighted by Crippen LogP contribution is 2.16. The molecule has 0 aromatic heterocycles. The van der Waals surface area contributed by atoms with Crippen molar-refractivity contribution in [1.29, 1.82) is 0 Å². The molecule has 0 aliphatic rings. The van der Waals surface area contributed by atoms with E-state index < -0.39 is 0 Å². The zero-order valence-corrected chi connectivity index (χ0v) is 10.7. The van der Waals surface area contributed by atoms with E-state index in [-0.39, 0.29) is 17.8 Å². The van der Waals surface area contributed by atoms with Gasteiger partial charge in [0.05, 0.1) is 11.6 Å². The Hall–Kier alpha value is -0.940. The predicted molar refractivity (Wildman–Crippen MR) is 62.4 cm³/mol. The number of halogens is 2. The van der Waals surface area contributed by atoms with Gasteiger partial charge < -0.3 is 10.1 Å². The van der Waals surface area contributed by atoms with E-state index in [1.807, 2.05) is 0 Å². The molecule has 1 rings (SSSR count). The summed E-state index contributed by atoms with van der Waals surface area (Å²) in [6.45, 7) is 2.19. The number of hydrogen-bond donors (Lipinski definition) is 1. The number of methoxy groups -OCH3 is 1. The highest BCUT2D eigenvalue weighted by Gasteiger charge is 2.11. The van der Waals surface area contributed by atoms with Crippen LogP contribution in [0, 0.1) is 5.82 Å². The normalized spacial score (nSPS) is 12.2. The Kier molecular flexibility index (Phi) is 4.89. The molecule has 16 heavy (non-hydrogen) atoms. The first-order valence-electron chi connectivity index (χ1n) is 4.79. The van der Waals surface area contributed by atoms with Crippen LogP contribution in [0.5, 0.6) is 0 Å². The Bertz CT molecular complexity index is 384. The summed E-state index contributed by atoms with van der Waals surface area (Å²) >= 11 is 3.10. The molecule has 1 N–H and O–H groups in total. The maximum Gasteiger partial charge on any atom is 0.322 e. The first-order valence-corrected chi connectivity index (χ1v) is 5.59. The molecule has 0 heterocycles. The van der Waals surface area contributed by atoms with Crippen molar-refractivity contribution in [2.45, 2.75) is 19.5 Å². The summed E-state index contributed by atoms with van der Waals surface area (Å²) in [4.78, 5) is 11.1. The van der Waals surface area contributed by atoms with E-state index in [1.54, 1.807) is 19.1 Å². The maximum atomic E-state index is 12.9. The minimum absolute atomic E-state index is 0.301. The van der Waals surface area contributed by atoms with Gasteiger partial charge in [0, 0.05) is 6.54 Å². The average molecular weight is 290 g/mol. The minimum atomic E-state index is -0.381. The molecule has 0 aliphatic heterocycles. The molecule has 88 valence electrons. The summed E-state index contributed by atoms with van der Waals surface area (Å²) in [7, 11) is 1.34. The van der Waals surface area contributed by atoms with Crippen LogP contribution in [0.3, 0.4) is 0 Å². The van der Waals surface area contributed by atoms with Crippen molar-refractivity contribution in [2.75, 3.05) is 7.11 Å². The summed E-state index contributed by atoms with van der Waals surface area (Å²) in [5, 5.41) is 2.98. The third kappa shape index (κ3) is 3.57. The second-order valence-corrected chi connectivity index (χ2v) is 4.23. The van der Waals surface area contributed by atoms with Gasteiger partial charge in [0.15, 0.2) is 0 Å². The van der Waals surface area contributed by atoms with Crippen LogP contribution in [0.4, 0.5) is 4.39 Å². The molecule has 0 bridgehead atoms. The third-order valence-corrected chi connectivity index (χ3v) is 2.76. The molecular weight excluding hydrogens is 277 g/mol. The molecule has 5 heteroatoms. The molecule has 0 spiro atoms. The lowest BCUT2D eigenvalue weighted by Crippen LogP contribution is -2.34. The van der Waals surface area contributed by atoms with E-state index in [2.05, 4.69) is 26.0 Å². The molecule has 1 unspecified atom stereocenters. The second-order valence-electron chi connectivity index (χ2n) is 3.37. The minimum Gasteiger partial charge on any atom is -0.468 e. The van der Waals surface area contributed by atoms with E-state index >= 15 is 0 Å². The number of rotatable bonds is 4. The smallest absolute Gasteiger partial charge is 0.322 e. The largest absolute Gasteiger partial charge is 0.468 e. The van der Waals surface area contributed by atoms with Crippen molar-refractivity contribution >= 4 is 21.9 Å². The van der Waals surface area contributed by atoms with Crippen LogP contribution in [0.25, 0.3) is 0 Å². The number of nitrogens with one attached hydrogen (secondary N) is 1. The summed E-state index contributed by atoms with van der Waals surface area (Å²) in [5.74, 6) is -0.619. The number of esters is 1. The van der Waals surface area contributed by atoms with Crippen molar-refractivity contribution < 1.29 is 13.9 Å². The monoisotopic (exact) mass is 289 g/mol. The standard InChI is InChI=1S/C11H13BrFNO2/c1-7(11(15)16-2)14-6-8-3-4-10(13)9(12)5-8/h3-5,7,14H,6H2,1-2H3. The van der Waals surface area contributed by atoms with Gasteiger partial charge in [0.1, 0.15) is 11.9 Å². The van der Waals surface area contributed by atoms with E-state index in [1.165, 1.54) is 13.2 Å². The van der Waals surface area contributed by atoms with Gasteiger partial charge in [-0.1, -0.05) is 6.07 Å². The van der Waals surface area contributed by atoms with Crippen molar-refractivity contribution in [3.8, 4) is 0 Å². The number of carbonyl (C=O) groups excluding carboxylic acids is 1. The molecule has 1 aromatic carbocycles. The fraction of sp³-hybridized carbons (Fsp3) is 0.364. The Morgan fingerprint density at radius 3 is 2.88 bits per heavy atom. The lowest BCUT2D eigenvalue weighted by molar-refractivity contribution is -0.142. The van der Waals surface area contributed by atoms with Crippen molar-refractivity contribution in [2.24, 2.45) is 0 Å². The Balaban J connectivity index is 2.55. The van der Waals surface area contributed by atoms with Gasteiger partial charge in [-0.2, -0.15) is 0 Å². The molecule has 0 radical (unpaired) electrons. The van der Waals surface area contributed by atoms with Crippen LogP contribution < -0.4 is 5.32 Å². The maximum absolute atomic E-state index is 12.9. The zero-order chi connectivity index (χ0) is 12.1. The van der Waals surface area contributed by atoms with Crippen LogP contribution in [0.1, 0.15) is 12.5 Å². The molecule has 0 fully saturated rings. The molecule has 0 saturated carbocycles. The topological polar surface area (TPSA) is 38.3 Å². The molecular formula is C11H13BrFNO2. The van der Waals surface area contributed by atoms with Gasteiger partial charge >= 0.3 is 5.97 Å². The SMILES string of the molecule is COC(=O)C(C)NCc1ccc(F)c(Br)c1. The first kappa shape index (κ1) is 13.1. The molecule has 0 aliphatic carbocycles. The van der Waals surface area contributed by atoms with Gasteiger partial charge in [0.25, 0.3) is 0 Å². The second kappa shape index (κ2) is 5.96. The van der Waals surface area contributed by atoms with Crippen LogP contribution in [-0.2, 0) is 16.1 Å². The van der Waals surface area contributed by atoms with E-state index in [0.717, 1.165) is 5.56 Å². The molecule has 0 saturated heterocycles. The Morgan fingerprint density at radius 1 is 1.62 bits per heavy atom. The lowest BCUT2D eigenvalue weighted by atomic mass is 10.2. The van der Waals surface area contributed by atoms with E-state index in [0.29, 0.717) is 11.0 Å². The zero-order valence-electron chi connectivity index (χ0n) is 9.09. The molecule has 3 nitrogen and oxygen atoms in total. The quantitative estimate of drug-likeness (QED) is 0.864. The lowest BCUT2D eigenvalue weighted by Gasteiger charge is -2.11. The Morgan fingerprint density at radius 2 is 2.31 bits per heavy atom. The van der Waals surface area contributed by atoms with Crippen molar-refractivity contribution in [3.05, 3.63) is 34.1 Å². The predicted octanol–water partition coefficient (Wildman–Crippen LogP) is 2.24. The average Bonchev–Trinajstić information content (AvgIpc) is 2.29. The highest BCUT2D eigenvalue weighted by atomic mass is 79.9. The summed E-state index contributed by atoms with van der Waals surface area (Å²) < 4.78 is 17.9. The highest BCUT2D eigenvalue weighted by molar-refractivity contribution is 9.10. The summed E-state index contributed by atoms with van der Waals surface area (Å²) in [6.07, 6.45) is 0. The fourth-order valence-electron chi connectivity index (χ4n) is 1.18. The van der Waals surface area contributed by atoms with Crippen molar-refractivity contribution in [3.63, 3.8) is 0 Å². The number of carbonyl (C=O) groups is 1. The van der Waals surface area contributed by atoms with Gasteiger partial charge in [-0.3, -0.25) is 4.79 Å². The summed E-state index contributed by atoms with van der Waals surface area (Å²) in [6, 6.07) is 4.33. The van der Waals surface area contributed by atoms with Crippen molar-refractivity contribution in [1.82, 2.24) is 5.32 Å².